The fraction of sp³-hybridized carbons (Fsp3) is 0.559. The highest BCUT2D eigenvalue weighted by Gasteiger charge is 2.42. The molecule has 6 rings (SSSR count). The first kappa shape index (κ1) is 57.4. The third-order valence-corrected chi connectivity index (χ3v) is 14.2. The van der Waals surface area contributed by atoms with Gasteiger partial charge in [0.25, 0.3) is 5.56 Å². The van der Waals surface area contributed by atoms with E-state index in [0.717, 1.165) is 36.0 Å². The van der Waals surface area contributed by atoms with Gasteiger partial charge in [-0.1, -0.05) is 202 Å². The molecule has 3 aromatic carbocycles. The molecular weight excluding hydrogens is 940 g/mol. The molecule has 15 heteroatoms. The van der Waals surface area contributed by atoms with E-state index in [0.29, 0.717) is 19.3 Å². The molecule has 0 radical (unpaired) electrons. The van der Waals surface area contributed by atoms with Gasteiger partial charge in [0.2, 0.25) is 5.95 Å². The molecule has 2 unspecified atom stereocenters. The molecule has 1 saturated heterocycles. The number of hydrogen-bond donors (Lipinski definition) is 3. The van der Waals surface area contributed by atoms with Crippen LogP contribution in [0, 0.1) is 11.8 Å². The molecule has 1 aliphatic heterocycles. The predicted molar refractivity (Wildman–Crippen MR) is 287 cm³/mol. The normalized spacial score (nSPS) is 16.6. The van der Waals surface area contributed by atoms with E-state index in [1.54, 1.807) is 0 Å². The number of nitrogens with zero attached hydrogens (tertiary/aromatic N) is 3. The number of nitrogens with one attached hydrogen (secondary N) is 2. The van der Waals surface area contributed by atoms with Crippen molar-refractivity contribution in [3.05, 3.63) is 124 Å². The van der Waals surface area contributed by atoms with E-state index in [4.69, 9.17) is 24.7 Å². The lowest BCUT2D eigenvalue weighted by Gasteiger charge is -2.40. The van der Waals surface area contributed by atoms with Crippen LogP contribution in [0.15, 0.2) is 102 Å². The minimum absolute atomic E-state index is 0.00727. The Kier molecular flexibility index (Phi) is 23.6. The number of ether oxygens (including phenoxy) is 4. The summed E-state index contributed by atoms with van der Waals surface area (Å²) in [6, 6.07) is 29.4. The summed E-state index contributed by atoms with van der Waals surface area (Å²) in [5.74, 6) is -2.03. The van der Waals surface area contributed by atoms with E-state index in [2.05, 4.69) is 63.6 Å². The van der Waals surface area contributed by atoms with Crippen LogP contribution in [-0.2, 0) is 38.9 Å². The Labute approximate surface area is 437 Å². The smallest absolute Gasteiger partial charge is 0.323 e. The summed E-state index contributed by atoms with van der Waals surface area (Å²) in [6.45, 7) is 5.85. The summed E-state index contributed by atoms with van der Waals surface area (Å²) in [4.78, 5) is 63.5. The molecule has 0 saturated carbocycles. The van der Waals surface area contributed by atoms with Gasteiger partial charge in [-0.15, -0.1) is 0 Å². The maximum Gasteiger partial charge on any atom is 0.323 e. The minimum atomic E-state index is -1.46. The van der Waals surface area contributed by atoms with Crippen LogP contribution in [-0.4, -0.2) is 75.6 Å². The maximum absolute atomic E-state index is 15.2. The van der Waals surface area contributed by atoms with Gasteiger partial charge >= 0.3 is 17.9 Å². The van der Waals surface area contributed by atoms with Crippen LogP contribution in [0.2, 0.25) is 0 Å². The predicted octanol–water partition coefficient (Wildman–Crippen LogP) is 11.6. The van der Waals surface area contributed by atoms with Crippen molar-refractivity contribution in [2.24, 2.45) is 11.8 Å². The second-order valence-corrected chi connectivity index (χ2v) is 20.3. The third-order valence-electron chi connectivity index (χ3n) is 14.2. The van der Waals surface area contributed by atoms with E-state index in [1.165, 1.54) is 87.9 Å². The van der Waals surface area contributed by atoms with E-state index < -0.39 is 53.5 Å². The number of H-pyrrole nitrogens is 1. The van der Waals surface area contributed by atoms with Crippen LogP contribution in [0.3, 0.4) is 0 Å². The number of hydrogen-bond acceptors (Lipinski definition) is 12. The van der Waals surface area contributed by atoms with Gasteiger partial charge in [-0.05, 0) is 41.9 Å². The minimum Gasteiger partial charge on any atom is -0.465 e. The van der Waals surface area contributed by atoms with Crippen LogP contribution >= 0.6 is 0 Å². The highest BCUT2D eigenvalue weighted by molar-refractivity contribution is 5.77. The molecular formula is C59H81FN6O8. The molecule has 5 atom stereocenters. The molecule has 3 heterocycles. The van der Waals surface area contributed by atoms with Gasteiger partial charge in [-0.2, -0.15) is 4.98 Å². The van der Waals surface area contributed by atoms with Gasteiger partial charge in [-0.25, -0.2) is 9.37 Å². The summed E-state index contributed by atoms with van der Waals surface area (Å²) < 4.78 is 40.1. The Morgan fingerprint density at radius 1 is 0.743 bits per heavy atom. The largest absolute Gasteiger partial charge is 0.465 e. The first-order valence-electron chi connectivity index (χ1n) is 27.4. The molecule has 5 aromatic rings. The van der Waals surface area contributed by atoms with Gasteiger partial charge < -0.3 is 24.7 Å². The SMILES string of the molecule is CCCCCCCCCCCCCCCCCC(=O)OCC(CCCC(=O)OC[C@H]1O[C@@H](n2cnc3c(=O)[nH]c(N)nc32)CC1F)COC(=O)[C@@H](NC(c1ccccc1)(c1ccccc1)c1ccccc1)C(C)C. The number of aromatic nitrogens is 4. The second-order valence-electron chi connectivity index (χ2n) is 20.3. The fourth-order valence-electron chi connectivity index (χ4n) is 9.92. The number of halogens is 1. The molecule has 2 aromatic heterocycles. The number of aromatic amines is 1. The molecule has 1 fully saturated rings. The number of esters is 3. The number of nitrogens with two attached hydrogens (primary N) is 1. The zero-order chi connectivity index (χ0) is 52.5. The number of fused-ring (bicyclic) bond motifs is 1. The van der Waals surface area contributed by atoms with Crippen molar-refractivity contribution in [3.63, 3.8) is 0 Å². The lowest BCUT2D eigenvalue weighted by molar-refractivity contribution is -0.153. The lowest BCUT2D eigenvalue weighted by Crippen LogP contribution is -2.55. The number of alkyl halides is 1. The van der Waals surface area contributed by atoms with Gasteiger partial charge in [0.05, 0.1) is 25.1 Å². The number of rotatable bonds is 34. The molecule has 0 bridgehead atoms. The highest BCUT2D eigenvalue weighted by atomic mass is 19.1. The molecule has 0 aliphatic carbocycles. The number of anilines is 1. The molecule has 0 amide bonds. The first-order valence-corrected chi connectivity index (χ1v) is 27.4. The van der Waals surface area contributed by atoms with E-state index in [-0.39, 0.29) is 61.7 Å². The topological polar surface area (TPSA) is 190 Å². The van der Waals surface area contributed by atoms with Crippen molar-refractivity contribution in [1.29, 1.82) is 0 Å². The zero-order valence-corrected chi connectivity index (χ0v) is 44.0. The molecule has 1 aliphatic rings. The van der Waals surface area contributed by atoms with Crippen LogP contribution in [0.4, 0.5) is 10.3 Å². The van der Waals surface area contributed by atoms with E-state index in [9.17, 15) is 19.2 Å². The Balaban J connectivity index is 1.02. The number of nitrogen functional groups attached to an aromatic ring is 1. The summed E-state index contributed by atoms with van der Waals surface area (Å²) in [7, 11) is 0. The van der Waals surface area contributed by atoms with Gasteiger partial charge in [0, 0.05) is 25.2 Å². The van der Waals surface area contributed by atoms with Crippen molar-refractivity contribution in [3.8, 4) is 0 Å². The monoisotopic (exact) mass is 1020 g/mol. The Hall–Kier alpha value is -5.93. The summed E-state index contributed by atoms with van der Waals surface area (Å²) in [6.07, 6.45) is 17.4. The number of unbranched alkanes of at least 4 members (excludes halogenated alkanes) is 14. The maximum atomic E-state index is 15.2. The Bertz CT molecular complexity index is 2390. The third kappa shape index (κ3) is 17.1. The van der Waals surface area contributed by atoms with Crippen LogP contribution < -0.4 is 16.6 Å². The van der Waals surface area contributed by atoms with Crippen molar-refractivity contribution in [1.82, 2.24) is 24.8 Å². The van der Waals surface area contributed by atoms with Crippen molar-refractivity contribution >= 4 is 35.0 Å². The van der Waals surface area contributed by atoms with E-state index >= 15 is 4.39 Å². The first-order chi connectivity index (χ1) is 36.0. The number of imidazole rings is 1. The van der Waals surface area contributed by atoms with Crippen LogP contribution in [0.1, 0.15) is 172 Å². The fourth-order valence-corrected chi connectivity index (χ4v) is 9.92. The van der Waals surface area contributed by atoms with Gasteiger partial charge in [0.15, 0.2) is 11.2 Å². The van der Waals surface area contributed by atoms with Crippen molar-refractivity contribution in [2.45, 2.75) is 179 Å². The molecule has 4 N–H and O–H groups in total. The highest BCUT2D eigenvalue weighted by Crippen LogP contribution is 2.38. The zero-order valence-electron chi connectivity index (χ0n) is 44.0. The van der Waals surface area contributed by atoms with Crippen LogP contribution in [0.5, 0.6) is 0 Å². The second kappa shape index (κ2) is 30.4. The van der Waals surface area contributed by atoms with Crippen LogP contribution in [0.25, 0.3) is 11.2 Å². The molecule has 402 valence electrons. The lowest BCUT2D eigenvalue weighted by atomic mass is 9.76. The summed E-state index contributed by atoms with van der Waals surface area (Å²) in [5.41, 5.74) is 7.36. The molecule has 74 heavy (non-hydrogen) atoms. The number of carbonyl (C=O) groups excluding carboxylic acids is 3. The van der Waals surface area contributed by atoms with Crippen molar-refractivity contribution < 1.29 is 37.7 Å². The molecule has 14 nitrogen and oxygen atoms in total. The van der Waals surface area contributed by atoms with Gasteiger partial charge in [-0.3, -0.25) is 34.0 Å². The Morgan fingerprint density at radius 2 is 1.24 bits per heavy atom. The Morgan fingerprint density at radius 3 is 1.78 bits per heavy atom. The number of carbonyl (C=O) groups is 3. The summed E-state index contributed by atoms with van der Waals surface area (Å²) in [5, 5.41) is 3.79. The average Bonchev–Trinajstić information content (AvgIpc) is 4.01. The number of benzene rings is 3. The van der Waals surface area contributed by atoms with Crippen molar-refractivity contribution in [2.75, 3.05) is 25.6 Å². The van der Waals surface area contributed by atoms with E-state index in [1.807, 2.05) is 68.4 Å². The average molecular weight is 1020 g/mol. The quantitative estimate of drug-likeness (QED) is 0.0153. The summed E-state index contributed by atoms with van der Waals surface area (Å²) >= 11 is 0. The molecule has 0 spiro atoms. The van der Waals surface area contributed by atoms with Gasteiger partial charge in [0.1, 0.15) is 31.2 Å². The standard InChI is InChI=1S/C59H81FN6O8/c1-4-5-6-7-8-9-10-11-12-13-14-15-16-17-27-36-51(67)71-39-44(29-28-37-52(68)72-41-49-48(60)38-50(74-49)66-42-62-54-55(66)63-58(61)64-56(54)69)40-73-57(70)53(43(2)3)65-59(45-30-21-18-22-31-45,46-32-23-19-24-33-46)47-34-25-20-26-35-47/h18-26,30-35,42-44,48-50,53,65H,4-17,27-29,36-41H2,1-3H3,(H3,61,63,64,69)/t44?,48?,49-,50-,53+/m1/s1.